The molecule has 2 aromatic rings. The van der Waals surface area contributed by atoms with Crippen LogP contribution in [-0.4, -0.2) is 30.4 Å². The highest BCUT2D eigenvalue weighted by Crippen LogP contribution is 2.46. The smallest absolute Gasteiger partial charge is 0.368 e. The number of para-hydroxylation sites is 1. The molecule has 6 heteroatoms. The number of methoxy groups -OCH3 is 1. The zero-order valence-electron chi connectivity index (χ0n) is 16.1. The molecule has 4 atom stereocenters. The third-order valence-electron chi connectivity index (χ3n) is 6.10. The lowest BCUT2D eigenvalue weighted by Gasteiger charge is -2.26. The van der Waals surface area contributed by atoms with Crippen molar-refractivity contribution >= 4 is 23.5 Å². The molecule has 2 aliphatic rings. The molecule has 4 rings (SSSR count). The first-order chi connectivity index (χ1) is 13.4. The lowest BCUT2D eigenvalue weighted by atomic mass is 9.80. The van der Waals surface area contributed by atoms with Gasteiger partial charge in [0, 0.05) is 12.5 Å². The van der Waals surface area contributed by atoms with Crippen LogP contribution in [0.1, 0.15) is 24.1 Å². The Morgan fingerprint density at radius 2 is 1.68 bits per heavy atom. The Labute approximate surface area is 163 Å². The molecule has 2 aromatic carbocycles. The minimum Gasteiger partial charge on any atom is -0.464 e. The van der Waals surface area contributed by atoms with Crippen molar-refractivity contribution in [3.05, 3.63) is 65.7 Å². The van der Waals surface area contributed by atoms with Crippen LogP contribution in [0.5, 0.6) is 0 Å². The van der Waals surface area contributed by atoms with Gasteiger partial charge in [-0.15, -0.1) is 0 Å². The molecule has 0 saturated carbocycles. The molecular formula is C22H23N2O4+. The number of rotatable bonds is 3. The maximum absolute atomic E-state index is 13.4. The third kappa shape index (κ3) is 2.48. The summed E-state index contributed by atoms with van der Waals surface area (Å²) in [5.74, 6) is -2.51. The van der Waals surface area contributed by atoms with Gasteiger partial charge in [-0.05, 0) is 24.6 Å². The van der Waals surface area contributed by atoms with Crippen LogP contribution in [0.15, 0.2) is 54.6 Å². The first-order valence-electron chi connectivity index (χ1n) is 9.33. The normalized spacial score (nSPS) is 29.1. The molecule has 0 aromatic heterocycles. The molecule has 2 aliphatic heterocycles. The number of aryl methyl sites for hydroxylation is 1. The molecule has 0 radical (unpaired) electrons. The van der Waals surface area contributed by atoms with Gasteiger partial charge in [-0.3, -0.25) is 9.59 Å². The van der Waals surface area contributed by atoms with E-state index in [4.69, 9.17) is 4.74 Å². The number of nitrogens with two attached hydrogens (primary N) is 1. The summed E-state index contributed by atoms with van der Waals surface area (Å²) in [5.41, 5.74) is 1.35. The number of esters is 1. The number of hydrogen-bond donors (Lipinski definition) is 1. The summed E-state index contributed by atoms with van der Waals surface area (Å²) in [5, 5.41) is 1.84. The van der Waals surface area contributed by atoms with Crippen LogP contribution in [0.2, 0.25) is 0 Å². The SMILES string of the molecule is COC(=O)[C@@]1(C)[NH2+][C@H](c2ccccc2C)[C@@H]2C(=O)N(c3ccccc3)C(=O)[C@H]21. The predicted molar refractivity (Wildman–Crippen MR) is 102 cm³/mol. The molecule has 0 bridgehead atoms. The van der Waals surface area contributed by atoms with Gasteiger partial charge in [-0.25, -0.2) is 9.69 Å². The lowest BCUT2D eigenvalue weighted by molar-refractivity contribution is -0.730. The Morgan fingerprint density at radius 3 is 2.32 bits per heavy atom. The number of ether oxygens (including phenoxy) is 1. The van der Waals surface area contributed by atoms with Crippen molar-refractivity contribution in [2.24, 2.45) is 11.8 Å². The number of quaternary nitrogens is 1. The number of amides is 2. The van der Waals surface area contributed by atoms with Crippen molar-refractivity contribution in [3.63, 3.8) is 0 Å². The molecular weight excluding hydrogens is 356 g/mol. The molecule has 2 N–H and O–H groups in total. The molecule has 0 aliphatic carbocycles. The van der Waals surface area contributed by atoms with Crippen LogP contribution >= 0.6 is 0 Å². The van der Waals surface area contributed by atoms with Crippen LogP contribution < -0.4 is 10.2 Å². The number of imide groups is 1. The van der Waals surface area contributed by atoms with Crippen molar-refractivity contribution < 1.29 is 24.4 Å². The van der Waals surface area contributed by atoms with Crippen molar-refractivity contribution in [1.82, 2.24) is 0 Å². The van der Waals surface area contributed by atoms with Gasteiger partial charge >= 0.3 is 5.97 Å². The number of anilines is 1. The van der Waals surface area contributed by atoms with Crippen LogP contribution in [0.4, 0.5) is 5.69 Å². The summed E-state index contributed by atoms with van der Waals surface area (Å²) in [7, 11) is 1.31. The number of carbonyl (C=O) groups is 3. The summed E-state index contributed by atoms with van der Waals surface area (Å²) < 4.78 is 5.03. The number of hydrogen-bond acceptors (Lipinski definition) is 4. The second-order valence-corrected chi connectivity index (χ2v) is 7.67. The Morgan fingerprint density at radius 1 is 1.04 bits per heavy atom. The van der Waals surface area contributed by atoms with Crippen molar-refractivity contribution in [2.45, 2.75) is 25.4 Å². The zero-order valence-corrected chi connectivity index (χ0v) is 16.1. The van der Waals surface area contributed by atoms with E-state index in [2.05, 4.69) is 0 Å². The average Bonchev–Trinajstić information content (AvgIpc) is 3.16. The summed E-state index contributed by atoms with van der Waals surface area (Å²) in [6.45, 7) is 3.68. The first-order valence-corrected chi connectivity index (χ1v) is 9.33. The zero-order chi connectivity index (χ0) is 20.1. The molecule has 6 nitrogen and oxygen atoms in total. The van der Waals surface area contributed by atoms with Gasteiger partial charge < -0.3 is 10.1 Å². The van der Waals surface area contributed by atoms with Crippen LogP contribution in [0.3, 0.4) is 0 Å². The highest BCUT2D eigenvalue weighted by Gasteiger charge is 2.70. The fourth-order valence-electron chi connectivity index (χ4n) is 4.75. The monoisotopic (exact) mass is 379 g/mol. The lowest BCUT2D eigenvalue weighted by Crippen LogP contribution is -2.97. The topological polar surface area (TPSA) is 80.3 Å². The molecule has 2 fully saturated rings. The summed E-state index contributed by atoms with van der Waals surface area (Å²) in [6.07, 6.45) is 0. The second-order valence-electron chi connectivity index (χ2n) is 7.67. The van der Waals surface area contributed by atoms with Gasteiger partial charge in [-0.1, -0.05) is 42.5 Å². The predicted octanol–water partition coefficient (Wildman–Crippen LogP) is 1.35. The number of benzene rings is 2. The van der Waals surface area contributed by atoms with Gasteiger partial charge in [0.25, 0.3) is 0 Å². The largest absolute Gasteiger partial charge is 0.464 e. The Bertz CT molecular complexity index is 958. The van der Waals surface area contributed by atoms with E-state index >= 15 is 0 Å². The van der Waals surface area contributed by atoms with Gasteiger partial charge in [0.1, 0.15) is 17.9 Å². The van der Waals surface area contributed by atoms with E-state index in [0.717, 1.165) is 11.1 Å². The van der Waals surface area contributed by atoms with E-state index in [9.17, 15) is 14.4 Å². The fraction of sp³-hybridized carbons (Fsp3) is 0.318. The number of nitrogens with zero attached hydrogens (tertiary/aromatic N) is 1. The van der Waals surface area contributed by atoms with Crippen molar-refractivity contribution in [1.29, 1.82) is 0 Å². The molecule has 2 amide bonds. The molecule has 144 valence electrons. The highest BCUT2D eigenvalue weighted by molar-refractivity contribution is 6.23. The molecule has 2 saturated heterocycles. The van der Waals surface area contributed by atoms with Crippen molar-refractivity contribution in [2.75, 3.05) is 12.0 Å². The summed E-state index contributed by atoms with van der Waals surface area (Å²) in [6, 6.07) is 16.3. The van der Waals surface area contributed by atoms with E-state index in [-0.39, 0.29) is 17.9 Å². The summed E-state index contributed by atoms with van der Waals surface area (Å²) in [4.78, 5) is 40.7. The maximum Gasteiger partial charge on any atom is 0.368 e. The fourth-order valence-corrected chi connectivity index (χ4v) is 4.75. The maximum atomic E-state index is 13.4. The molecule has 2 heterocycles. The molecule has 0 unspecified atom stereocenters. The number of carbonyl (C=O) groups excluding carboxylic acids is 3. The highest BCUT2D eigenvalue weighted by atomic mass is 16.5. The minimum absolute atomic E-state index is 0.265. The Kier molecular flexibility index (Phi) is 4.31. The van der Waals surface area contributed by atoms with Crippen LogP contribution in [-0.2, 0) is 19.1 Å². The Balaban J connectivity index is 1.85. The van der Waals surface area contributed by atoms with Crippen LogP contribution in [0, 0.1) is 18.8 Å². The van der Waals surface area contributed by atoms with E-state index in [1.165, 1.54) is 12.0 Å². The Hall–Kier alpha value is -2.99. The van der Waals surface area contributed by atoms with Gasteiger partial charge in [0.2, 0.25) is 17.4 Å². The van der Waals surface area contributed by atoms with Crippen molar-refractivity contribution in [3.8, 4) is 0 Å². The van der Waals surface area contributed by atoms with E-state index < -0.39 is 23.3 Å². The first kappa shape index (κ1) is 18.4. The van der Waals surface area contributed by atoms with Gasteiger partial charge in [0.15, 0.2) is 0 Å². The number of fused-ring (bicyclic) bond motifs is 1. The van der Waals surface area contributed by atoms with Crippen LogP contribution in [0.25, 0.3) is 0 Å². The van der Waals surface area contributed by atoms with E-state index in [1.54, 1.807) is 31.2 Å². The van der Waals surface area contributed by atoms with Gasteiger partial charge in [-0.2, -0.15) is 0 Å². The molecule has 28 heavy (non-hydrogen) atoms. The van der Waals surface area contributed by atoms with E-state index in [1.807, 2.05) is 42.6 Å². The van der Waals surface area contributed by atoms with E-state index in [0.29, 0.717) is 5.69 Å². The molecule has 0 spiro atoms. The summed E-state index contributed by atoms with van der Waals surface area (Å²) >= 11 is 0. The van der Waals surface area contributed by atoms with Gasteiger partial charge in [0.05, 0.1) is 12.8 Å². The average molecular weight is 379 g/mol. The quantitative estimate of drug-likeness (QED) is 0.645. The minimum atomic E-state index is -1.16. The second kappa shape index (κ2) is 6.56. The third-order valence-corrected chi connectivity index (χ3v) is 6.10. The standard InChI is InChI=1S/C22H22N2O4/c1-13-9-7-8-12-15(13)18-16-17(22(2,23-18)21(27)28-3)20(26)24(19(16)25)14-10-5-4-6-11-14/h4-12,16-18,23H,1-3H3/p+1/t16-,17+,18-,22+/m1/s1.